The average molecular weight is 393 g/mol. The van der Waals surface area contributed by atoms with Crippen molar-refractivity contribution in [3.05, 3.63) is 73.9 Å². The van der Waals surface area contributed by atoms with Gasteiger partial charge in [-0.2, -0.15) is 0 Å². The van der Waals surface area contributed by atoms with Gasteiger partial charge < -0.3 is 5.32 Å². The second-order valence-electron chi connectivity index (χ2n) is 7.63. The van der Waals surface area contributed by atoms with E-state index in [1.54, 1.807) is 18.2 Å². The standard InChI is InChI=1S/C23H27N3O3/c1-6-16(4)24-21(27)13-25-20-11-10-14(2)12-18(20)22(28)26(23(25)29)19-9-7-8-15(3)17(19)5/h7-12,16H,6,13H2,1-5H3,(H,24,27). The van der Waals surface area contributed by atoms with E-state index in [4.69, 9.17) is 0 Å². The molecule has 2 aromatic carbocycles. The summed E-state index contributed by atoms with van der Waals surface area (Å²) in [6.45, 7) is 9.47. The highest BCUT2D eigenvalue weighted by Gasteiger charge is 2.18. The fourth-order valence-electron chi connectivity index (χ4n) is 3.40. The highest BCUT2D eigenvalue weighted by atomic mass is 16.2. The number of nitrogens with one attached hydrogen (secondary N) is 1. The highest BCUT2D eigenvalue weighted by Crippen LogP contribution is 2.17. The van der Waals surface area contributed by atoms with Gasteiger partial charge in [0.25, 0.3) is 5.56 Å². The summed E-state index contributed by atoms with van der Waals surface area (Å²) in [4.78, 5) is 39.2. The molecule has 0 radical (unpaired) electrons. The molecule has 152 valence electrons. The van der Waals surface area contributed by atoms with Crippen LogP contribution < -0.4 is 16.6 Å². The molecule has 1 heterocycles. The normalized spacial score (nSPS) is 12.2. The van der Waals surface area contributed by atoms with Crippen LogP contribution in [0.25, 0.3) is 16.6 Å². The number of carbonyl (C=O) groups excluding carboxylic acids is 1. The summed E-state index contributed by atoms with van der Waals surface area (Å²) in [5.41, 5.74) is 2.87. The molecule has 0 aliphatic rings. The third-order valence-corrected chi connectivity index (χ3v) is 5.44. The van der Waals surface area contributed by atoms with Gasteiger partial charge in [0, 0.05) is 6.04 Å². The van der Waals surface area contributed by atoms with Gasteiger partial charge in [0.1, 0.15) is 6.54 Å². The summed E-state index contributed by atoms with van der Waals surface area (Å²) in [5.74, 6) is -0.255. The molecule has 1 N–H and O–H groups in total. The lowest BCUT2D eigenvalue weighted by Crippen LogP contribution is -2.43. The van der Waals surface area contributed by atoms with Crippen molar-refractivity contribution in [3.8, 4) is 5.69 Å². The van der Waals surface area contributed by atoms with Gasteiger partial charge in [-0.25, -0.2) is 9.36 Å². The molecule has 3 aromatic rings. The Bertz CT molecular complexity index is 1200. The van der Waals surface area contributed by atoms with Crippen molar-refractivity contribution in [1.82, 2.24) is 14.5 Å². The van der Waals surface area contributed by atoms with E-state index in [1.807, 2.05) is 52.8 Å². The second kappa shape index (κ2) is 8.07. The fraction of sp³-hybridized carbons (Fsp3) is 0.348. The lowest BCUT2D eigenvalue weighted by molar-refractivity contribution is -0.122. The predicted octanol–water partition coefficient (Wildman–Crippen LogP) is 2.99. The van der Waals surface area contributed by atoms with Gasteiger partial charge in [-0.15, -0.1) is 0 Å². The van der Waals surface area contributed by atoms with E-state index in [0.29, 0.717) is 16.6 Å². The molecule has 0 bridgehead atoms. The van der Waals surface area contributed by atoms with Crippen LogP contribution >= 0.6 is 0 Å². The maximum absolute atomic E-state index is 13.4. The molecule has 6 heteroatoms. The first-order valence-electron chi connectivity index (χ1n) is 9.86. The Labute approximate surface area is 169 Å². The van der Waals surface area contributed by atoms with Gasteiger partial charge in [-0.1, -0.05) is 30.7 Å². The monoisotopic (exact) mass is 393 g/mol. The van der Waals surface area contributed by atoms with E-state index in [1.165, 1.54) is 9.13 Å². The number of hydrogen-bond acceptors (Lipinski definition) is 3. The van der Waals surface area contributed by atoms with E-state index in [-0.39, 0.29) is 24.1 Å². The molecule has 0 saturated carbocycles. The minimum Gasteiger partial charge on any atom is -0.352 e. The molecule has 29 heavy (non-hydrogen) atoms. The van der Waals surface area contributed by atoms with E-state index < -0.39 is 5.69 Å². The maximum Gasteiger partial charge on any atom is 0.336 e. The molecular formula is C23H27N3O3. The molecule has 1 amide bonds. The molecule has 0 spiro atoms. The molecule has 1 unspecified atom stereocenters. The molecule has 6 nitrogen and oxygen atoms in total. The summed E-state index contributed by atoms with van der Waals surface area (Å²) in [7, 11) is 0. The van der Waals surface area contributed by atoms with Crippen LogP contribution in [0.3, 0.4) is 0 Å². The zero-order valence-corrected chi connectivity index (χ0v) is 17.6. The Hall–Kier alpha value is -3.15. The van der Waals surface area contributed by atoms with Crippen LogP contribution in [0.2, 0.25) is 0 Å². The van der Waals surface area contributed by atoms with Gasteiger partial charge in [0.2, 0.25) is 5.91 Å². The van der Waals surface area contributed by atoms with Crippen molar-refractivity contribution in [2.45, 2.75) is 53.6 Å². The van der Waals surface area contributed by atoms with Gasteiger partial charge in [-0.3, -0.25) is 14.2 Å². The van der Waals surface area contributed by atoms with E-state index in [9.17, 15) is 14.4 Å². The molecule has 0 fully saturated rings. The number of aromatic nitrogens is 2. The van der Waals surface area contributed by atoms with Crippen LogP contribution in [0, 0.1) is 20.8 Å². The van der Waals surface area contributed by atoms with Gasteiger partial charge in [0.05, 0.1) is 16.6 Å². The van der Waals surface area contributed by atoms with E-state index >= 15 is 0 Å². The van der Waals surface area contributed by atoms with Gasteiger partial charge in [0.15, 0.2) is 0 Å². The molecular weight excluding hydrogens is 366 g/mol. The summed E-state index contributed by atoms with van der Waals surface area (Å²) >= 11 is 0. The summed E-state index contributed by atoms with van der Waals surface area (Å²) in [6, 6.07) is 10.9. The van der Waals surface area contributed by atoms with Gasteiger partial charge in [-0.05, 0) is 63.4 Å². The largest absolute Gasteiger partial charge is 0.352 e. The third-order valence-electron chi connectivity index (χ3n) is 5.44. The summed E-state index contributed by atoms with van der Waals surface area (Å²) in [6.07, 6.45) is 0.794. The SMILES string of the molecule is CCC(C)NC(=O)Cn1c(=O)n(-c2cccc(C)c2C)c(=O)c2cc(C)ccc21. The fourth-order valence-corrected chi connectivity index (χ4v) is 3.40. The predicted molar refractivity (Wildman–Crippen MR) is 116 cm³/mol. The first-order valence-corrected chi connectivity index (χ1v) is 9.86. The Morgan fingerprint density at radius 3 is 2.52 bits per heavy atom. The lowest BCUT2D eigenvalue weighted by atomic mass is 10.1. The number of fused-ring (bicyclic) bond motifs is 1. The van der Waals surface area contributed by atoms with Crippen molar-refractivity contribution in [2.75, 3.05) is 0 Å². The van der Waals surface area contributed by atoms with Crippen molar-refractivity contribution >= 4 is 16.8 Å². The number of carbonyl (C=O) groups is 1. The smallest absolute Gasteiger partial charge is 0.336 e. The van der Waals surface area contributed by atoms with Crippen molar-refractivity contribution in [3.63, 3.8) is 0 Å². The minimum absolute atomic E-state index is 0.0108. The van der Waals surface area contributed by atoms with E-state index in [0.717, 1.165) is 23.1 Å². The molecule has 1 aromatic heterocycles. The molecule has 0 aliphatic carbocycles. The van der Waals surface area contributed by atoms with Crippen molar-refractivity contribution in [1.29, 1.82) is 0 Å². The van der Waals surface area contributed by atoms with Gasteiger partial charge >= 0.3 is 5.69 Å². The molecule has 3 rings (SSSR count). The number of nitrogens with zero attached hydrogens (tertiary/aromatic N) is 2. The number of benzene rings is 2. The average Bonchev–Trinajstić information content (AvgIpc) is 2.68. The van der Waals surface area contributed by atoms with Crippen molar-refractivity contribution < 1.29 is 4.79 Å². The maximum atomic E-state index is 13.4. The number of aryl methyl sites for hydroxylation is 2. The van der Waals surface area contributed by atoms with Crippen LogP contribution in [0.5, 0.6) is 0 Å². The number of rotatable bonds is 5. The zero-order chi connectivity index (χ0) is 21.3. The Kier molecular flexibility index (Phi) is 5.73. The quantitative estimate of drug-likeness (QED) is 0.724. The number of amides is 1. The first-order chi connectivity index (χ1) is 13.7. The third kappa shape index (κ3) is 3.88. The minimum atomic E-state index is -0.514. The lowest BCUT2D eigenvalue weighted by Gasteiger charge is -2.17. The first kappa shape index (κ1) is 20.6. The summed E-state index contributed by atoms with van der Waals surface area (Å²) < 4.78 is 2.57. The van der Waals surface area contributed by atoms with Crippen LogP contribution in [-0.2, 0) is 11.3 Å². The topological polar surface area (TPSA) is 73.1 Å². The second-order valence-corrected chi connectivity index (χ2v) is 7.63. The van der Waals surface area contributed by atoms with E-state index in [2.05, 4.69) is 5.32 Å². The Morgan fingerprint density at radius 2 is 1.83 bits per heavy atom. The van der Waals surface area contributed by atoms with Crippen molar-refractivity contribution in [2.24, 2.45) is 0 Å². The van der Waals surface area contributed by atoms with Crippen LogP contribution in [0.1, 0.15) is 37.0 Å². The Morgan fingerprint density at radius 1 is 1.10 bits per heavy atom. The molecule has 0 saturated heterocycles. The molecule has 1 atom stereocenters. The highest BCUT2D eigenvalue weighted by molar-refractivity contribution is 5.82. The summed E-state index contributed by atoms with van der Waals surface area (Å²) in [5, 5.41) is 3.31. The van der Waals surface area contributed by atoms with Crippen LogP contribution in [0.4, 0.5) is 0 Å². The molecule has 0 aliphatic heterocycles. The van der Waals surface area contributed by atoms with Crippen LogP contribution in [0.15, 0.2) is 46.0 Å². The van der Waals surface area contributed by atoms with Crippen LogP contribution in [-0.4, -0.2) is 21.1 Å². The number of hydrogen-bond donors (Lipinski definition) is 1. The zero-order valence-electron chi connectivity index (χ0n) is 17.6. The Balaban J connectivity index is 2.31.